The van der Waals surface area contributed by atoms with Crippen LogP contribution in [0.4, 0.5) is 0 Å². The Morgan fingerprint density at radius 1 is 1.24 bits per heavy atom. The van der Waals surface area contributed by atoms with Crippen molar-refractivity contribution in [3.63, 3.8) is 0 Å². The summed E-state index contributed by atoms with van der Waals surface area (Å²) < 4.78 is 11.8. The van der Waals surface area contributed by atoms with E-state index < -0.39 is 8.56 Å². The van der Waals surface area contributed by atoms with E-state index in [9.17, 15) is 0 Å². The molecule has 0 spiro atoms. The van der Waals surface area contributed by atoms with Gasteiger partial charge in [-0.25, -0.2) is 0 Å². The Labute approximate surface area is 107 Å². The van der Waals surface area contributed by atoms with Crippen LogP contribution in [0.3, 0.4) is 0 Å². The highest BCUT2D eigenvalue weighted by atomic mass is 28.4. The van der Waals surface area contributed by atoms with E-state index in [0.717, 1.165) is 19.6 Å². The van der Waals surface area contributed by atoms with Gasteiger partial charge in [-0.1, -0.05) is 12.8 Å². The standard InChI is InChI=1S/C13H27NO2Si/c1-5-15-17(3,4)16-12(2)13-10-8-6-7-9-11-14-13/h12H,5-11H2,1-4H3. The summed E-state index contributed by atoms with van der Waals surface area (Å²) in [6.45, 7) is 10.1. The van der Waals surface area contributed by atoms with Crippen LogP contribution in [0.1, 0.15) is 46.0 Å². The Morgan fingerprint density at radius 3 is 2.65 bits per heavy atom. The van der Waals surface area contributed by atoms with Gasteiger partial charge in [0, 0.05) is 18.9 Å². The average Bonchev–Trinajstić information content (AvgIpc) is 2.14. The third kappa shape index (κ3) is 5.79. The summed E-state index contributed by atoms with van der Waals surface area (Å²) in [5, 5.41) is 0. The maximum Gasteiger partial charge on any atom is 0.332 e. The van der Waals surface area contributed by atoms with Crippen LogP contribution in [0.2, 0.25) is 13.1 Å². The van der Waals surface area contributed by atoms with Crippen LogP contribution in [-0.4, -0.2) is 33.5 Å². The smallest absolute Gasteiger partial charge is 0.332 e. The molecule has 1 heterocycles. The van der Waals surface area contributed by atoms with Gasteiger partial charge in [0.05, 0.1) is 6.10 Å². The van der Waals surface area contributed by atoms with E-state index in [1.807, 2.05) is 6.92 Å². The molecule has 0 fully saturated rings. The van der Waals surface area contributed by atoms with Crippen molar-refractivity contribution in [1.82, 2.24) is 0 Å². The molecule has 0 amide bonds. The molecule has 1 unspecified atom stereocenters. The normalized spacial score (nSPS) is 20.4. The van der Waals surface area contributed by atoms with Gasteiger partial charge in [-0.15, -0.1) is 0 Å². The molecule has 0 N–H and O–H groups in total. The molecule has 1 atom stereocenters. The molecular formula is C13H27NO2Si. The molecule has 1 rings (SSSR count). The van der Waals surface area contributed by atoms with Gasteiger partial charge in [0.2, 0.25) is 0 Å². The predicted octanol–water partition coefficient (Wildman–Crippen LogP) is 3.53. The summed E-state index contributed by atoms with van der Waals surface area (Å²) in [6.07, 6.45) is 6.36. The lowest BCUT2D eigenvalue weighted by atomic mass is 10.0. The number of aliphatic imine (C=N–C) groups is 1. The monoisotopic (exact) mass is 257 g/mol. The Balaban J connectivity index is 2.52. The summed E-state index contributed by atoms with van der Waals surface area (Å²) in [6, 6.07) is 0. The number of nitrogens with zero attached hydrogens (tertiary/aromatic N) is 1. The molecule has 0 radical (unpaired) electrons. The molecule has 3 nitrogen and oxygen atoms in total. The van der Waals surface area contributed by atoms with Crippen molar-refractivity contribution < 1.29 is 8.85 Å². The van der Waals surface area contributed by atoms with Gasteiger partial charge < -0.3 is 8.85 Å². The van der Waals surface area contributed by atoms with Crippen LogP contribution >= 0.6 is 0 Å². The van der Waals surface area contributed by atoms with Crippen LogP contribution < -0.4 is 0 Å². The van der Waals surface area contributed by atoms with Crippen molar-refractivity contribution in [2.24, 2.45) is 4.99 Å². The SMILES string of the molecule is CCO[Si](C)(C)OC(C)C1=NCCCCCC1. The third-order valence-electron chi connectivity index (χ3n) is 3.08. The number of hydrogen-bond acceptors (Lipinski definition) is 3. The summed E-state index contributed by atoms with van der Waals surface area (Å²) in [5.41, 5.74) is 1.24. The van der Waals surface area contributed by atoms with Crippen LogP contribution in [0.5, 0.6) is 0 Å². The summed E-state index contributed by atoms with van der Waals surface area (Å²) in [4.78, 5) is 4.69. The van der Waals surface area contributed by atoms with E-state index in [1.165, 1.54) is 31.4 Å². The van der Waals surface area contributed by atoms with Gasteiger partial charge in [0.25, 0.3) is 0 Å². The van der Waals surface area contributed by atoms with Crippen molar-refractivity contribution in [2.75, 3.05) is 13.2 Å². The van der Waals surface area contributed by atoms with Crippen molar-refractivity contribution in [3.05, 3.63) is 0 Å². The lowest BCUT2D eigenvalue weighted by molar-refractivity contribution is 0.169. The molecular weight excluding hydrogens is 230 g/mol. The van der Waals surface area contributed by atoms with E-state index in [0.29, 0.717) is 0 Å². The summed E-state index contributed by atoms with van der Waals surface area (Å²) in [7, 11) is -1.96. The van der Waals surface area contributed by atoms with Gasteiger partial charge in [0.15, 0.2) is 0 Å². The highest BCUT2D eigenvalue weighted by molar-refractivity contribution is 6.64. The Morgan fingerprint density at radius 2 is 1.94 bits per heavy atom. The second kappa shape index (κ2) is 7.29. The minimum absolute atomic E-state index is 0.126. The molecule has 1 aliphatic rings. The number of hydrogen-bond donors (Lipinski definition) is 0. The van der Waals surface area contributed by atoms with Crippen LogP contribution in [-0.2, 0) is 8.85 Å². The minimum atomic E-state index is -1.96. The second-order valence-electron chi connectivity index (χ2n) is 5.13. The highest BCUT2D eigenvalue weighted by Gasteiger charge is 2.28. The van der Waals surface area contributed by atoms with E-state index in [1.54, 1.807) is 0 Å². The predicted molar refractivity (Wildman–Crippen MR) is 75.0 cm³/mol. The first-order valence-corrected chi connectivity index (χ1v) is 9.72. The van der Waals surface area contributed by atoms with E-state index in [-0.39, 0.29) is 6.10 Å². The fourth-order valence-electron chi connectivity index (χ4n) is 2.28. The lowest BCUT2D eigenvalue weighted by Gasteiger charge is -2.27. The molecule has 4 heteroatoms. The van der Waals surface area contributed by atoms with Crippen LogP contribution in [0.25, 0.3) is 0 Å². The quantitative estimate of drug-likeness (QED) is 0.705. The van der Waals surface area contributed by atoms with Crippen molar-refractivity contribution in [2.45, 2.75) is 65.1 Å². The Kier molecular flexibility index (Phi) is 6.37. The Bertz CT molecular complexity index is 254. The van der Waals surface area contributed by atoms with Crippen molar-refractivity contribution in [3.8, 4) is 0 Å². The fraction of sp³-hybridized carbons (Fsp3) is 0.923. The molecule has 0 aromatic carbocycles. The molecule has 0 aromatic rings. The minimum Gasteiger partial charge on any atom is -0.395 e. The zero-order valence-corrected chi connectivity index (χ0v) is 12.8. The van der Waals surface area contributed by atoms with Crippen molar-refractivity contribution >= 4 is 14.3 Å². The molecule has 0 aromatic heterocycles. The van der Waals surface area contributed by atoms with Gasteiger partial charge in [-0.05, 0) is 46.2 Å². The first-order chi connectivity index (χ1) is 8.05. The zero-order valence-electron chi connectivity index (χ0n) is 11.8. The maximum atomic E-state index is 6.10. The zero-order chi connectivity index (χ0) is 12.7. The molecule has 0 saturated carbocycles. The van der Waals surface area contributed by atoms with Gasteiger partial charge in [-0.2, -0.15) is 0 Å². The first kappa shape index (κ1) is 14.9. The topological polar surface area (TPSA) is 30.8 Å². The summed E-state index contributed by atoms with van der Waals surface area (Å²) >= 11 is 0. The largest absolute Gasteiger partial charge is 0.395 e. The van der Waals surface area contributed by atoms with Gasteiger partial charge in [0.1, 0.15) is 0 Å². The average molecular weight is 257 g/mol. The second-order valence-corrected chi connectivity index (χ2v) is 8.45. The van der Waals surface area contributed by atoms with Gasteiger partial charge in [-0.3, -0.25) is 4.99 Å². The molecule has 0 aliphatic carbocycles. The van der Waals surface area contributed by atoms with E-state index >= 15 is 0 Å². The highest BCUT2D eigenvalue weighted by Crippen LogP contribution is 2.16. The van der Waals surface area contributed by atoms with E-state index in [4.69, 9.17) is 8.85 Å². The van der Waals surface area contributed by atoms with Gasteiger partial charge >= 0.3 is 8.56 Å². The molecule has 0 saturated heterocycles. The summed E-state index contributed by atoms with van der Waals surface area (Å²) in [5.74, 6) is 0. The van der Waals surface area contributed by atoms with Crippen LogP contribution in [0.15, 0.2) is 4.99 Å². The van der Waals surface area contributed by atoms with Crippen molar-refractivity contribution in [1.29, 1.82) is 0 Å². The fourth-order valence-corrected chi connectivity index (χ4v) is 4.03. The first-order valence-electron chi connectivity index (χ1n) is 6.90. The molecule has 17 heavy (non-hydrogen) atoms. The third-order valence-corrected chi connectivity index (χ3v) is 4.98. The van der Waals surface area contributed by atoms with Crippen LogP contribution in [0, 0.1) is 0 Å². The maximum absolute atomic E-state index is 6.10. The lowest BCUT2D eigenvalue weighted by Crippen LogP contribution is -2.41. The van der Waals surface area contributed by atoms with E-state index in [2.05, 4.69) is 25.0 Å². The Hall–Kier alpha value is -0.193. The molecule has 1 aliphatic heterocycles. The molecule has 100 valence electrons. The molecule has 0 bridgehead atoms. The number of rotatable bonds is 5.